The smallest absolute Gasteiger partial charge is 0.0499 e. The highest BCUT2D eigenvalue weighted by molar-refractivity contribution is 9.10. The Bertz CT molecular complexity index is 525. The van der Waals surface area contributed by atoms with Crippen molar-refractivity contribution < 1.29 is 0 Å². The van der Waals surface area contributed by atoms with Crippen LogP contribution in [0, 0.1) is 13.8 Å². The molecule has 0 spiro atoms. The molecule has 0 aliphatic carbocycles. The van der Waals surface area contributed by atoms with E-state index >= 15 is 0 Å². The van der Waals surface area contributed by atoms with E-state index in [2.05, 4.69) is 66.4 Å². The fraction of sp³-hybridized carbons (Fsp3) is 0.429. The van der Waals surface area contributed by atoms with E-state index in [1.165, 1.54) is 22.2 Å². The number of halogens is 1. The fourth-order valence-electron chi connectivity index (χ4n) is 2.33. The van der Waals surface area contributed by atoms with Gasteiger partial charge in [0.15, 0.2) is 0 Å². The van der Waals surface area contributed by atoms with Crippen molar-refractivity contribution in [3.8, 4) is 0 Å². The normalized spacial score (nSPS) is 13.3. The molecule has 0 aliphatic heterocycles. The first-order valence-corrected chi connectivity index (χ1v) is 6.62. The summed E-state index contributed by atoms with van der Waals surface area (Å²) in [6.07, 6.45) is 1.16. The molecule has 0 saturated heterocycles. The minimum atomic E-state index is 0.561. The molecule has 0 fully saturated rings. The Morgan fingerprint density at radius 2 is 2.00 bits per heavy atom. The van der Waals surface area contributed by atoms with Crippen LogP contribution in [0.4, 0.5) is 0 Å². The Morgan fingerprint density at radius 3 is 2.62 bits per heavy atom. The van der Waals surface area contributed by atoms with Gasteiger partial charge in [-0.25, -0.2) is 0 Å². The Kier molecular flexibility index (Phi) is 3.11. The molecule has 2 rings (SSSR count). The van der Waals surface area contributed by atoms with Crippen LogP contribution in [0.5, 0.6) is 0 Å². The zero-order valence-electron chi connectivity index (χ0n) is 10.3. The number of aryl methyl sites for hydroxylation is 1. The number of hydrogen-bond acceptors (Lipinski definition) is 0. The van der Waals surface area contributed by atoms with Crippen molar-refractivity contribution >= 4 is 26.8 Å². The van der Waals surface area contributed by atoms with E-state index in [0.717, 1.165) is 10.9 Å². The lowest BCUT2D eigenvalue weighted by Crippen LogP contribution is -2.05. The molecule has 0 bridgehead atoms. The summed E-state index contributed by atoms with van der Waals surface area (Å²) in [6, 6.07) is 7.11. The summed E-state index contributed by atoms with van der Waals surface area (Å²) >= 11 is 3.56. The number of nitrogens with zero attached hydrogens (tertiary/aromatic N) is 1. The molecule has 1 unspecified atom stereocenters. The van der Waals surface area contributed by atoms with Crippen molar-refractivity contribution in [3.05, 3.63) is 33.9 Å². The van der Waals surface area contributed by atoms with Gasteiger partial charge in [-0.05, 0) is 44.9 Å². The summed E-state index contributed by atoms with van der Waals surface area (Å²) in [5, 5.41) is 1.38. The first-order valence-electron chi connectivity index (χ1n) is 5.83. The van der Waals surface area contributed by atoms with E-state index in [1.807, 2.05) is 0 Å². The Balaban J connectivity index is 2.80. The fourth-order valence-corrected chi connectivity index (χ4v) is 2.68. The van der Waals surface area contributed by atoms with Gasteiger partial charge in [0.25, 0.3) is 0 Å². The summed E-state index contributed by atoms with van der Waals surface area (Å²) in [4.78, 5) is 0. The van der Waals surface area contributed by atoms with E-state index in [0.29, 0.717) is 6.04 Å². The lowest BCUT2D eigenvalue weighted by molar-refractivity contribution is 0.536. The predicted octanol–water partition coefficient (Wildman–Crippen LogP) is 4.99. The van der Waals surface area contributed by atoms with Gasteiger partial charge < -0.3 is 4.57 Å². The second-order valence-electron chi connectivity index (χ2n) is 4.50. The van der Waals surface area contributed by atoms with Gasteiger partial charge in [0.05, 0.1) is 0 Å². The van der Waals surface area contributed by atoms with Crippen LogP contribution in [0.3, 0.4) is 0 Å². The monoisotopic (exact) mass is 279 g/mol. The minimum Gasteiger partial charge on any atom is -0.342 e. The van der Waals surface area contributed by atoms with Crippen molar-refractivity contribution in [2.75, 3.05) is 0 Å². The Hall–Kier alpha value is -0.760. The number of hydrogen-bond donors (Lipinski definition) is 0. The third-order valence-electron chi connectivity index (χ3n) is 3.56. The molecule has 1 nitrogen and oxygen atoms in total. The summed E-state index contributed by atoms with van der Waals surface area (Å²) in [7, 11) is 0. The molecule has 0 amide bonds. The second kappa shape index (κ2) is 4.25. The first-order chi connectivity index (χ1) is 7.56. The van der Waals surface area contributed by atoms with Crippen molar-refractivity contribution in [2.45, 2.75) is 40.2 Å². The largest absolute Gasteiger partial charge is 0.342 e. The van der Waals surface area contributed by atoms with Gasteiger partial charge in [-0.2, -0.15) is 0 Å². The first kappa shape index (κ1) is 11.7. The molecule has 0 aliphatic rings. The topological polar surface area (TPSA) is 4.93 Å². The molecule has 1 aromatic carbocycles. The molecule has 0 saturated carbocycles. The van der Waals surface area contributed by atoms with Gasteiger partial charge in [0.2, 0.25) is 0 Å². The van der Waals surface area contributed by atoms with Crippen LogP contribution in [0.25, 0.3) is 10.9 Å². The van der Waals surface area contributed by atoms with Gasteiger partial charge in [-0.15, -0.1) is 0 Å². The van der Waals surface area contributed by atoms with Gasteiger partial charge >= 0.3 is 0 Å². The number of benzene rings is 1. The molecule has 0 radical (unpaired) electrons. The highest BCUT2D eigenvalue weighted by Crippen LogP contribution is 2.31. The van der Waals surface area contributed by atoms with Crippen molar-refractivity contribution in [3.63, 3.8) is 0 Å². The average molecular weight is 280 g/mol. The SMILES string of the molecule is CCC(C)n1c(C)c(C)c2ccc(Br)cc21. The van der Waals surface area contributed by atoms with Crippen molar-refractivity contribution in [1.29, 1.82) is 0 Å². The molecule has 2 heteroatoms. The molecule has 1 heterocycles. The summed E-state index contributed by atoms with van der Waals surface area (Å²) in [5.74, 6) is 0. The van der Waals surface area contributed by atoms with E-state index in [1.54, 1.807) is 0 Å². The van der Waals surface area contributed by atoms with Crippen LogP contribution >= 0.6 is 15.9 Å². The van der Waals surface area contributed by atoms with Gasteiger partial charge in [0, 0.05) is 27.1 Å². The third-order valence-corrected chi connectivity index (χ3v) is 4.05. The highest BCUT2D eigenvalue weighted by atomic mass is 79.9. The zero-order chi connectivity index (χ0) is 11.9. The summed E-state index contributed by atoms with van der Waals surface area (Å²) < 4.78 is 3.61. The van der Waals surface area contributed by atoms with Crippen molar-refractivity contribution in [1.82, 2.24) is 4.57 Å². The maximum absolute atomic E-state index is 3.56. The predicted molar refractivity (Wildman–Crippen MR) is 74.1 cm³/mol. The standard InChI is InChI=1S/C14H18BrN/c1-5-9(2)16-11(4)10(3)13-7-6-12(15)8-14(13)16/h6-9H,5H2,1-4H3. The van der Waals surface area contributed by atoms with Gasteiger partial charge in [-0.1, -0.05) is 28.9 Å². The number of fused-ring (bicyclic) bond motifs is 1. The average Bonchev–Trinajstić information content (AvgIpc) is 2.51. The van der Waals surface area contributed by atoms with E-state index < -0.39 is 0 Å². The molecular weight excluding hydrogens is 262 g/mol. The van der Waals surface area contributed by atoms with Gasteiger partial charge in [-0.3, -0.25) is 0 Å². The van der Waals surface area contributed by atoms with Crippen LogP contribution in [-0.2, 0) is 0 Å². The maximum Gasteiger partial charge on any atom is 0.0499 e. The second-order valence-corrected chi connectivity index (χ2v) is 5.41. The van der Waals surface area contributed by atoms with Crippen LogP contribution in [0.15, 0.2) is 22.7 Å². The highest BCUT2D eigenvalue weighted by Gasteiger charge is 2.14. The molecule has 1 aromatic heterocycles. The molecule has 16 heavy (non-hydrogen) atoms. The van der Waals surface area contributed by atoms with E-state index in [9.17, 15) is 0 Å². The van der Waals surface area contributed by atoms with Crippen LogP contribution in [-0.4, -0.2) is 4.57 Å². The lowest BCUT2D eigenvalue weighted by atomic mass is 10.2. The minimum absolute atomic E-state index is 0.561. The summed E-state index contributed by atoms with van der Waals surface area (Å²) in [5.41, 5.74) is 4.14. The number of aromatic nitrogens is 1. The Morgan fingerprint density at radius 1 is 1.31 bits per heavy atom. The molecule has 1 atom stereocenters. The molecular formula is C14H18BrN. The molecule has 86 valence electrons. The number of rotatable bonds is 2. The van der Waals surface area contributed by atoms with Crippen LogP contribution in [0.1, 0.15) is 37.6 Å². The molecule has 0 N–H and O–H groups in total. The zero-order valence-corrected chi connectivity index (χ0v) is 11.9. The van der Waals surface area contributed by atoms with E-state index in [-0.39, 0.29) is 0 Å². The quantitative estimate of drug-likeness (QED) is 0.730. The summed E-state index contributed by atoms with van der Waals surface area (Å²) in [6.45, 7) is 8.95. The van der Waals surface area contributed by atoms with Gasteiger partial charge in [0.1, 0.15) is 0 Å². The Labute approximate surface area is 106 Å². The van der Waals surface area contributed by atoms with Crippen LogP contribution in [0.2, 0.25) is 0 Å². The lowest BCUT2D eigenvalue weighted by Gasteiger charge is -2.15. The molecule has 2 aromatic rings. The van der Waals surface area contributed by atoms with Crippen LogP contribution < -0.4 is 0 Å². The third kappa shape index (κ3) is 1.69. The maximum atomic E-state index is 3.56. The van der Waals surface area contributed by atoms with Crippen molar-refractivity contribution in [2.24, 2.45) is 0 Å². The van der Waals surface area contributed by atoms with E-state index in [4.69, 9.17) is 0 Å².